The molecule has 0 unspecified atom stereocenters. The number of nitrogens with zero attached hydrogens (tertiary/aromatic N) is 3. The van der Waals surface area contributed by atoms with E-state index < -0.39 is 10.0 Å². The highest BCUT2D eigenvalue weighted by Crippen LogP contribution is 2.22. The maximum atomic E-state index is 13.4. The highest BCUT2D eigenvalue weighted by atomic mass is 35.5. The van der Waals surface area contributed by atoms with Crippen LogP contribution in [-0.2, 0) is 26.2 Å². The van der Waals surface area contributed by atoms with E-state index in [0.29, 0.717) is 45.4 Å². The minimum atomic E-state index is -3.47. The molecule has 174 valence electrons. The lowest BCUT2D eigenvalue weighted by Crippen LogP contribution is -2.51. The van der Waals surface area contributed by atoms with Gasteiger partial charge in [-0.15, -0.1) is 11.6 Å². The second kappa shape index (κ2) is 11.8. The van der Waals surface area contributed by atoms with Crippen molar-refractivity contribution in [3.63, 3.8) is 0 Å². The monoisotopic (exact) mass is 471 g/mol. The van der Waals surface area contributed by atoms with E-state index in [2.05, 4.69) is 0 Å². The number of alkyl halides is 1. The van der Waals surface area contributed by atoms with Crippen molar-refractivity contribution in [2.75, 3.05) is 37.8 Å². The summed E-state index contributed by atoms with van der Waals surface area (Å²) in [5.41, 5.74) is 2.12. The largest absolute Gasteiger partial charge is 0.342 e. The lowest BCUT2D eigenvalue weighted by Gasteiger charge is -2.39. The molecule has 1 aliphatic rings. The van der Waals surface area contributed by atoms with Crippen LogP contribution in [0, 0.1) is 6.92 Å². The van der Waals surface area contributed by atoms with Crippen LogP contribution in [0.5, 0.6) is 0 Å². The lowest BCUT2D eigenvalue weighted by molar-refractivity contribution is -0.136. The minimum absolute atomic E-state index is 0.0308. The molecular weight excluding hydrogens is 438 g/mol. The van der Waals surface area contributed by atoms with Crippen molar-refractivity contribution >= 4 is 33.4 Å². The second-order valence-electron chi connectivity index (χ2n) is 7.93. The van der Waals surface area contributed by atoms with Crippen molar-refractivity contribution in [1.29, 1.82) is 0 Å². The summed E-state index contributed by atoms with van der Waals surface area (Å²) in [5.74, 6) is -0.370. The summed E-state index contributed by atoms with van der Waals surface area (Å²) >= 11 is 5.68. The van der Waals surface area contributed by atoms with E-state index in [9.17, 15) is 18.0 Å². The lowest BCUT2D eigenvalue weighted by atomic mass is 10.0. The topological polar surface area (TPSA) is 78.0 Å². The number of halogens is 1. The number of hydrogen-bond acceptors (Lipinski definition) is 4. The molecule has 1 aromatic rings. The molecule has 2 amide bonds. The van der Waals surface area contributed by atoms with Crippen LogP contribution in [0.1, 0.15) is 44.2 Å². The van der Waals surface area contributed by atoms with E-state index in [-0.39, 0.29) is 36.0 Å². The first-order valence-electron chi connectivity index (χ1n) is 10.9. The molecule has 0 saturated carbocycles. The predicted octanol–water partition coefficient (Wildman–Crippen LogP) is 2.62. The summed E-state index contributed by atoms with van der Waals surface area (Å²) in [6, 6.07) is 7.84. The summed E-state index contributed by atoms with van der Waals surface area (Å²) in [5, 5.41) is 0. The molecule has 0 radical (unpaired) electrons. The third kappa shape index (κ3) is 6.92. The molecule has 0 aromatic heterocycles. The molecule has 1 aliphatic heterocycles. The number of likely N-dealkylation sites (tertiary alicyclic amines) is 1. The SMILES string of the molecule is CCCN(CC(=O)N(Cc1ccccc1C)C1CCN(C(=O)CCl)CC1)S(=O)(=O)CC. The first-order valence-corrected chi connectivity index (χ1v) is 13.0. The van der Waals surface area contributed by atoms with Crippen LogP contribution in [0.15, 0.2) is 24.3 Å². The van der Waals surface area contributed by atoms with Gasteiger partial charge in [0.05, 0.1) is 12.3 Å². The molecule has 0 N–H and O–H groups in total. The van der Waals surface area contributed by atoms with Gasteiger partial charge in [0.2, 0.25) is 21.8 Å². The number of sulfonamides is 1. The number of carbonyl (C=O) groups excluding carboxylic acids is 2. The molecule has 1 heterocycles. The van der Waals surface area contributed by atoms with E-state index in [1.807, 2.05) is 38.1 Å². The third-order valence-corrected chi connectivity index (χ3v) is 7.89. The second-order valence-corrected chi connectivity index (χ2v) is 10.5. The Hall–Kier alpha value is -1.64. The molecule has 0 spiro atoms. The van der Waals surface area contributed by atoms with Crippen LogP contribution in [0.4, 0.5) is 0 Å². The first-order chi connectivity index (χ1) is 14.7. The summed E-state index contributed by atoms with van der Waals surface area (Å²) in [4.78, 5) is 28.8. The highest BCUT2D eigenvalue weighted by Gasteiger charge is 2.32. The minimum Gasteiger partial charge on any atom is -0.342 e. The molecule has 1 aromatic carbocycles. The van der Waals surface area contributed by atoms with Gasteiger partial charge in [0.1, 0.15) is 5.88 Å². The van der Waals surface area contributed by atoms with Crippen molar-refractivity contribution in [1.82, 2.24) is 14.1 Å². The zero-order valence-electron chi connectivity index (χ0n) is 18.7. The molecule has 0 aliphatic carbocycles. The maximum Gasteiger partial charge on any atom is 0.238 e. The van der Waals surface area contributed by atoms with Crippen LogP contribution < -0.4 is 0 Å². The van der Waals surface area contributed by atoms with Crippen molar-refractivity contribution in [3.05, 3.63) is 35.4 Å². The number of hydrogen-bond donors (Lipinski definition) is 0. The van der Waals surface area contributed by atoms with Crippen molar-refractivity contribution in [2.24, 2.45) is 0 Å². The Bertz CT molecular complexity index is 854. The van der Waals surface area contributed by atoms with Gasteiger partial charge in [0.15, 0.2) is 0 Å². The van der Waals surface area contributed by atoms with Gasteiger partial charge in [-0.1, -0.05) is 31.2 Å². The Morgan fingerprint density at radius 1 is 1.16 bits per heavy atom. The Morgan fingerprint density at radius 2 is 1.81 bits per heavy atom. The van der Waals surface area contributed by atoms with E-state index >= 15 is 0 Å². The van der Waals surface area contributed by atoms with Crippen LogP contribution in [-0.4, -0.2) is 78.2 Å². The molecule has 2 rings (SSSR count). The van der Waals surface area contributed by atoms with Crippen LogP contribution >= 0.6 is 11.6 Å². The Morgan fingerprint density at radius 3 is 2.35 bits per heavy atom. The van der Waals surface area contributed by atoms with Crippen molar-refractivity contribution in [2.45, 2.75) is 52.6 Å². The zero-order valence-corrected chi connectivity index (χ0v) is 20.3. The van der Waals surface area contributed by atoms with Gasteiger partial charge in [0, 0.05) is 32.2 Å². The third-order valence-electron chi connectivity index (χ3n) is 5.84. The Labute approximate surface area is 191 Å². The predicted molar refractivity (Wildman–Crippen MR) is 123 cm³/mol. The van der Waals surface area contributed by atoms with E-state index in [1.165, 1.54) is 4.31 Å². The summed E-state index contributed by atoms with van der Waals surface area (Å²) < 4.78 is 26.3. The van der Waals surface area contributed by atoms with E-state index in [1.54, 1.807) is 16.7 Å². The van der Waals surface area contributed by atoms with Gasteiger partial charge in [-0.25, -0.2) is 8.42 Å². The molecule has 9 heteroatoms. The number of carbonyl (C=O) groups is 2. The average molecular weight is 472 g/mol. The quantitative estimate of drug-likeness (QED) is 0.491. The number of amides is 2. The van der Waals surface area contributed by atoms with Gasteiger partial charge >= 0.3 is 0 Å². The van der Waals surface area contributed by atoms with Crippen molar-refractivity contribution < 1.29 is 18.0 Å². The molecular formula is C22H34ClN3O4S. The summed E-state index contributed by atoms with van der Waals surface area (Å²) in [6.07, 6.45) is 1.94. The highest BCUT2D eigenvalue weighted by molar-refractivity contribution is 7.89. The fraction of sp³-hybridized carbons (Fsp3) is 0.636. The molecule has 0 atom stereocenters. The molecule has 1 saturated heterocycles. The fourth-order valence-electron chi connectivity index (χ4n) is 3.89. The number of aryl methyl sites for hydroxylation is 1. The normalized spacial score (nSPS) is 15.3. The van der Waals surface area contributed by atoms with E-state index in [0.717, 1.165) is 11.1 Å². The van der Waals surface area contributed by atoms with Gasteiger partial charge in [-0.2, -0.15) is 4.31 Å². The average Bonchev–Trinajstić information content (AvgIpc) is 2.77. The zero-order chi connectivity index (χ0) is 23.0. The first kappa shape index (κ1) is 25.6. The van der Waals surface area contributed by atoms with Gasteiger partial charge in [-0.3, -0.25) is 9.59 Å². The number of piperidine rings is 1. The maximum absolute atomic E-state index is 13.4. The molecule has 7 nitrogen and oxygen atoms in total. The van der Waals surface area contributed by atoms with Gasteiger partial charge in [-0.05, 0) is 44.2 Å². The fourth-order valence-corrected chi connectivity index (χ4v) is 5.20. The summed E-state index contributed by atoms with van der Waals surface area (Å²) in [7, 11) is -3.47. The number of benzene rings is 1. The van der Waals surface area contributed by atoms with Crippen molar-refractivity contribution in [3.8, 4) is 0 Å². The summed E-state index contributed by atoms with van der Waals surface area (Å²) in [6.45, 7) is 7.17. The molecule has 1 fully saturated rings. The van der Waals surface area contributed by atoms with Crippen LogP contribution in [0.3, 0.4) is 0 Å². The molecule has 0 bridgehead atoms. The van der Waals surface area contributed by atoms with Gasteiger partial charge in [0.25, 0.3) is 0 Å². The standard InChI is InChI=1S/C22H34ClN3O4S/c1-4-12-25(31(29,30)5-2)17-22(28)26(16-19-9-7-6-8-18(19)3)20-10-13-24(14-11-20)21(27)15-23/h6-9,20H,4-5,10-17H2,1-3H3. The smallest absolute Gasteiger partial charge is 0.238 e. The Balaban J connectivity index is 2.24. The number of rotatable bonds is 10. The van der Waals surface area contributed by atoms with Crippen LogP contribution in [0.25, 0.3) is 0 Å². The van der Waals surface area contributed by atoms with E-state index in [4.69, 9.17) is 11.6 Å². The molecule has 31 heavy (non-hydrogen) atoms. The van der Waals surface area contributed by atoms with Crippen LogP contribution in [0.2, 0.25) is 0 Å². The van der Waals surface area contributed by atoms with Gasteiger partial charge < -0.3 is 9.80 Å². The Kier molecular flexibility index (Phi) is 9.78.